The molecule has 2 aromatic rings. The maximum Gasteiger partial charge on any atom is 0.344 e. The van der Waals surface area contributed by atoms with Crippen LogP contribution in [0.25, 0.3) is 0 Å². The molecule has 2 rings (SSSR count). The maximum absolute atomic E-state index is 12.2. The highest BCUT2D eigenvalue weighted by atomic mass is 16.6. The van der Waals surface area contributed by atoms with E-state index in [1.54, 1.807) is 7.05 Å². The summed E-state index contributed by atoms with van der Waals surface area (Å²) < 4.78 is 10.1. The SMILES string of the molecule is C[C@@H](c1ccccc1)N(C)C(=O)COC(=O)COc1ccc([N+](=O)[O-])cc1. The molecule has 142 valence electrons. The second-order valence-corrected chi connectivity index (χ2v) is 5.79. The van der Waals surface area contributed by atoms with Crippen molar-refractivity contribution in [2.24, 2.45) is 0 Å². The number of non-ortho nitro benzene ring substituents is 1. The first-order valence-electron chi connectivity index (χ1n) is 8.22. The number of nitro benzene ring substituents is 1. The summed E-state index contributed by atoms with van der Waals surface area (Å²) in [5.74, 6) is -0.754. The Morgan fingerprint density at radius 1 is 1.07 bits per heavy atom. The lowest BCUT2D eigenvalue weighted by Gasteiger charge is -2.25. The maximum atomic E-state index is 12.2. The van der Waals surface area contributed by atoms with Gasteiger partial charge in [0.25, 0.3) is 11.6 Å². The molecule has 0 radical (unpaired) electrons. The number of amides is 1. The Bertz CT molecular complexity index is 792. The van der Waals surface area contributed by atoms with Gasteiger partial charge in [-0.2, -0.15) is 0 Å². The van der Waals surface area contributed by atoms with Crippen molar-refractivity contribution in [1.82, 2.24) is 4.90 Å². The Kier molecular flexibility index (Phi) is 6.87. The van der Waals surface area contributed by atoms with E-state index in [4.69, 9.17) is 9.47 Å². The van der Waals surface area contributed by atoms with Gasteiger partial charge in [0.05, 0.1) is 11.0 Å². The van der Waals surface area contributed by atoms with Gasteiger partial charge in [0.2, 0.25) is 0 Å². The monoisotopic (exact) mass is 372 g/mol. The molecule has 27 heavy (non-hydrogen) atoms. The van der Waals surface area contributed by atoms with Gasteiger partial charge in [-0.1, -0.05) is 30.3 Å². The third-order valence-corrected chi connectivity index (χ3v) is 4.02. The van der Waals surface area contributed by atoms with Crippen LogP contribution in [0.4, 0.5) is 5.69 Å². The molecule has 0 spiro atoms. The van der Waals surface area contributed by atoms with Gasteiger partial charge in [0, 0.05) is 19.2 Å². The van der Waals surface area contributed by atoms with Crippen molar-refractivity contribution in [2.45, 2.75) is 13.0 Å². The van der Waals surface area contributed by atoms with Crippen molar-refractivity contribution in [1.29, 1.82) is 0 Å². The Hall–Kier alpha value is -3.42. The Balaban J connectivity index is 1.77. The standard InChI is InChI=1S/C19H20N2O6/c1-14(15-6-4-3-5-7-15)20(2)18(22)12-27-19(23)13-26-17-10-8-16(9-11-17)21(24)25/h3-11,14H,12-13H2,1-2H3/t14-/m0/s1. The van der Waals surface area contributed by atoms with Gasteiger partial charge < -0.3 is 14.4 Å². The number of carbonyl (C=O) groups is 2. The molecule has 2 aromatic carbocycles. The van der Waals surface area contributed by atoms with Crippen LogP contribution in [0, 0.1) is 10.1 Å². The van der Waals surface area contributed by atoms with E-state index in [0.29, 0.717) is 5.75 Å². The van der Waals surface area contributed by atoms with E-state index in [1.165, 1.54) is 29.2 Å². The summed E-state index contributed by atoms with van der Waals surface area (Å²) >= 11 is 0. The van der Waals surface area contributed by atoms with E-state index in [2.05, 4.69) is 0 Å². The molecule has 0 aliphatic carbocycles. The van der Waals surface area contributed by atoms with Crippen molar-refractivity contribution in [3.63, 3.8) is 0 Å². The van der Waals surface area contributed by atoms with Crippen LogP contribution in [0.15, 0.2) is 54.6 Å². The average molecular weight is 372 g/mol. The molecule has 1 amide bonds. The number of hydrogen-bond acceptors (Lipinski definition) is 6. The van der Waals surface area contributed by atoms with Crippen LogP contribution in [-0.4, -0.2) is 42.0 Å². The molecule has 0 aliphatic heterocycles. The van der Waals surface area contributed by atoms with Gasteiger partial charge in [0.15, 0.2) is 13.2 Å². The van der Waals surface area contributed by atoms with Crippen LogP contribution in [0.2, 0.25) is 0 Å². The van der Waals surface area contributed by atoms with Crippen LogP contribution in [0.1, 0.15) is 18.5 Å². The lowest BCUT2D eigenvalue weighted by Crippen LogP contribution is -2.34. The highest BCUT2D eigenvalue weighted by Crippen LogP contribution is 2.19. The number of likely N-dealkylation sites (N-methyl/N-ethyl adjacent to an activating group) is 1. The summed E-state index contributed by atoms with van der Waals surface area (Å²) in [6.07, 6.45) is 0. The van der Waals surface area contributed by atoms with E-state index in [1.807, 2.05) is 37.3 Å². The van der Waals surface area contributed by atoms with E-state index >= 15 is 0 Å². The number of benzene rings is 2. The van der Waals surface area contributed by atoms with Gasteiger partial charge in [-0.05, 0) is 24.6 Å². The normalized spacial score (nSPS) is 11.3. The van der Waals surface area contributed by atoms with E-state index < -0.39 is 24.1 Å². The average Bonchev–Trinajstić information content (AvgIpc) is 2.70. The lowest BCUT2D eigenvalue weighted by molar-refractivity contribution is -0.384. The van der Waals surface area contributed by atoms with Gasteiger partial charge in [-0.25, -0.2) is 4.79 Å². The zero-order valence-corrected chi connectivity index (χ0v) is 15.0. The molecule has 0 saturated carbocycles. The molecule has 0 aromatic heterocycles. The third-order valence-electron chi connectivity index (χ3n) is 4.02. The molecular formula is C19H20N2O6. The molecule has 0 fully saturated rings. The number of ether oxygens (including phenoxy) is 2. The second kappa shape index (κ2) is 9.33. The summed E-state index contributed by atoms with van der Waals surface area (Å²) in [6, 6.07) is 14.6. The fourth-order valence-electron chi connectivity index (χ4n) is 2.26. The van der Waals surface area contributed by atoms with E-state index in [0.717, 1.165) is 5.56 Å². The first-order valence-corrected chi connectivity index (χ1v) is 8.22. The van der Waals surface area contributed by atoms with Crippen LogP contribution >= 0.6 is 0 Å². The zero-order chi connectivity index (χ0) is 19.8. The lowest BCUT2D eigenvalue weighted by atomic mass is 10.1. The van der Waals surface area contributed by atoms with Crippen molar-refractivity contribution in [3.8, 4) is 5.75 Å². The molecule has 0 bridgehead atoms. The minimum Gasteiger partial charge on any atom is -0.482 e. The van der Waals surface area contributed by atoms with E-state index in [9.17, 15) is 19.7 Å². The van der Waals surface area contributed by atoms with Crippen molar-refractivity contribution < 1.29 is 24.0 Å². The zero-order valence-electron chi connectivity index (χ0n) is 15.0. The third kappa shape index (κ3) is 5.81. The number of nitro groups is 1. The minimum absolute atomic E-state index is 0.0777. The fourth-order valence-corrected chi connectivity index (χ4v) is 2.26. The molecule has 0 heterocycles. The second-order valence-electron chi connectivity index (χ2n) is 5.79. The van der Waals surface area contributed by atoms with Gasteiger partial charge in [0.1, 0.15) is 5.75 Å². The van der Waals surface area contributed by atoms with Crippen LogP contribution in [-0.2, 0) is 14.3 Å². The molecule has 8 heteroatoms. The number of carbonyl (C=O) groups excluding carboxylic acids is 2. The predicted molar refractivity (Wildman–Crippen MR) is 97.2 cm³/mol. The van der Waals surface area contributed by atoms with Gasteiger partial charge in [-0.15, -0.1) is 0 Å². The predicted octanol–water partition coefficient (Wildman–Crippen LogP) is 2.74. The van der Waals surface area contributed by atoms with Crippen molar-refractivity contribution in [2.75, 3.05) is 20.3 Å². The first-order chi connectivity index (χ1) is 12.9. The molecule has 0 unspecified atom stereocenters. The summed E-state index contributed by atoms with van der Waals surface area (Å²) in [6.45, 7) is 1.09. The van der Waals surface area contributed by atoms with Crippen LogP contribution in [0.5, 0.6) is 5.75 Å². The van der Waals surface area contributed by atoms with Crippen molar-refractivity contribution >= 4 is 17.6 Å². The number of esters is 1. The highest BCUT2D eigenvalue weighted by molar-refractivity contribution is 5.81. The first kappa shape index (κ1) is 19.9. The largest absolute Gasteiger partial charge is 0.482 e. The molecule has 0 saturated heterocycles. The number of nitrogens with zero attached hydrogens (tertiary/aromatic N) is 2. The van der Waals surface area contributed by atoms with Gasteiger partial charge >= 0.3 is 5.97 Å². The highest BCUT2D eigenvalue weighted by Gasteiger charge is 2.18. The molecule has 0 aliphatic rings. The van der Waals surface area contributed by atoms with Gasteiger partial charge in [-0.3, -0.25) is 14.9 Å². The Morgan fingerprint density at radius 3 is 2.30 bits per heavy atom. The molecule has 8 nitrogen and oxygen atoms in total. The topological polar surface area (TPSA) is 99.0 Å². The van der Waals surface area contributed by atoms with Crippen LogP contribution < -0.4 is 4.74 Å². The van der Waals surface area contributed by atoms with Crippen LogP contribution in [0.3, 0.4) is 0 Å². The number of rotatable bonds is 8. The quantitative estimate of drug-likeness (QED) is 0.401. The fraction of sp³-hybridized carbons (Fsp3) is 0.263. The summed E-state index contributed by atoms with van der Waals surface area (Å²) in [4.78, 5) is 35.5. The van der Waals surface area contributed by atoms with E-state index in [-0.39, 0.29) is 17.6 Å². The smallest absolute Gasteiger partial charge is 0.344 e. The summed E-state index contributed by atoms with van der Waals surface area (Å²) in [7, 11) is 1.64. The summed E-state index contributed by atoms with van der Waals surface area (Å²) in [5.41, 5.74) is 0.896. The molecular weight excluding hydrogens is 352 g/mol. The molecule has 0 N–H and O–H groups in total. The molecule has 1 atom stereocenters. The Morgan fingerprint density at radius 2 is 1.70 bits per heavy atom. The summed E-state index contributed by atoms with van der Waals surface area (Å²) in [5, 5.41) is 10.6. The minimum atomic E-state index is -0.706. The van der Waals surface area contributed by atoms with Crippen molar-refractivity contribution in [3.05, 3.63) is 70.3 Å². The Labute approximate surface area is 156 Å². The number of hydrogen-bond donors (Lipinski definition) is 0.